The Bertz CT molecular complexity index is 639. The van der Waals surface area contributed by atoms with Gasteiger partial charge < -0.3 is 10.6 Å². The fraction of sp³-hybridized carbons (Fsp3) is 0.0667. The first-order valence-corrected chi connectivity index (χ1v) is 6.78. The minimum atomic E-state index is -0.197. The Balaban J connectivity index is 2.07. The van der Waals surface area contributed by atoms with Crippen LogP contribution in [0.2, 0.25) is 0 Å². The molecule has 0 spiro atoms. The van der Waals surface area contributed by atoms with E-state index in [4.69, 9.17) is 0 Å². The van der Waals surface area contributed by atoms with E-state index in [2.05, 4.69) is 26.6 Å². The summed E-state index contributed by atoms with van der Waals surface area (Å²) in [6.07, 6.45) is 0. The van der Waals surface area contributed by atoms with Crippen molar-refractivity contribution in [2.45, 2.75) is 6.92 Å². The van der Waals surface area contributed by atoms with Crippen molar-refractivity contribution < 1.29 is 9.59 Å². The van der Waals surface area contributed by atoms with Crippen LogP contribution in [0, 0.1) is 0 Å². The van der Waals surface area contributed by atoms with Gasteiger partial charge in [0.15, 0.2) is 0 Å². The summed E-state index contributed by atoms with van der Waals surface area (Å²) in [5, 5.41) is 5.45. The monoisotopic (exact) mass is 332 g/mol. The number of benzene rings is 2. The summed E-state index contributed by atoms with van der Waals surface area (Å²) < 4.78 is 0.899. The summed E-state index contributed by atoms with van der Waals surface area (Å²) in [4.78, 5) is 23.0. The van der Waals surface area contributed by atoms with Gasteiger partial charge in [-0.05, 0) is 42.5 Å². The van der Waals surface area contributed by atoms with E-state index in [-0.39, 0.29) is 11.8 Å². The number of anilines is 2. The fourth-order valence-corrected chi connectivity index (χ4v) is 2.08. The molecular weight excluding hydrogens is 320 g/mol. The summed E-state index contributed by atoms with van der Waals surface area (Å²) >= 11 is 3.35. The highest BCUT2D eigenvalue weighted by atomic mass is 79.9. The molecule has 0 atom stereocenters. The van der Waals surface area contributed by atoms with Gasteiger partial charge in [0.25, 0.3) is 5.91 Å². The van der Waals surface area contributed by atoms with Crippen molar-refractivity contribution in [2.75, 3.05) is 10.6 Å². The minimum Gasteiger partial charge on any atom is -0.326 e. The molecule has 20 heavy (non-hydrogen) atoms. The van der Waals surface area contributed by atoms with Gasteiger partial charge in [-0.3, -0.25) is 9.59 Å². The third kappa shape index (κ3) is 3.93. The maximum absolute atomic E-state index is 12.0. The van der Waals surface area contributed by atoms with Crippen LogP contribution in [-0.2, 0) is 4.79 Å². The van der Waals surface area contributed by atoms with Gasteiger partial charge in [-0.1, -0.05) is 22.0 Å². The first kappa shape index (κ1) is 14.3. The highest BCUT2D eigenvalue weighted by Gasteiger charge is 2.06. The number of nitrogens with one attached hydrogen (secondary N) is 2. The number of rotatable bonds is 3. The first-order chi connectivity index (χ1) is 9.54. The predicted molar refractivity (Wildman–Crippen MR) is 82.8 cm³/mol. The lowest BCUT2D eigenvalue weighted by molar-refractivity contribution is -0.114. The molecule has 0 aromatic heterocycles. The van der Waals surface area contributed by atoms with Crippen LogP contribution in [0.15, 0.2) is 53.0 Å². The van der Waals surface area contributed by atoms with Crippen LogP contribution >= 0.6 is 15.9 Å². The van der Waals surface area contributed by atoms with Gasteiger partial charge in [0.2, 0.25) is 5.91 Å². The number of halogens is 1. The summed E-state index contributed by atoms with van der Waals surface area (Å²) in [5.41, 5.74) is 1.91. The molecule has 0 radical (unpaired) electrons. The highest BCUT2D eigenvalue weighted by Crippen LogP contribution is 2.17. The average molecular weight is 333 g/mol. The van der Waals surface area contributed by atoms with Crippen molar-refractivity contribution in [1.29, 1.82) is 0 Å². The lowest BCUT2D eigenvalue weighted by atomic mass is 10.2. The number of hydrogen-bond acceptors (Lipinski definition) is 2. The number of amides is 2. The number of hydrogen-bond donors (Lipinski definition) is 2. The van der Waals surface area contributed by atoms with Gasteiger partial charge in [0.1, 0.15) is 0 Å². The van der Waals surface area contributed by atoms with Crippen LogP contribution in [0.1, 0.15) is 17.3 Å². The van der Waals surface area contributed by atoms with Gasteiger partial charge in [-0.2, -0.15) is 0 Å². The fourth-order valence-electron chi connectivity index (χ4n) is 1.68. The third-order valence-electron chi connectivity index (χ3n) is 2.55. The largest absolute Gasteiger partial charge is 0.326 e. The normalized spacial score (nSPS) is 9.90. The zero-order chi connectivity index (χ0) is 14.5. The van der Waals surface area contributed by atoms with Crippen LogP contribution in [0.3, 0.4) is 0 Å². The predicted octanol–water partition coefficient (Wildman–Crippen LogP) is 3.66. The molecule has 102 valence electrons. The van der Waals surface area contributed by atoms with E-state index >= 15 is 0 Å². The van der Waals surface area contributed by atoms with Gasteiger partial charge in [0, 0.05) is 28.3 Å². The summed E-state index contributed by atoms with van der Waals surface area (Å²) in [6.45, 7) is 1.44. The Kier molecular flexibility index (Phi) is 4.53. The van der Waals surface area contributed by atoms with Crippen molar-refractivity contribution in [2.24, 2.45) is 0 Å². The summed E-state index contributed by atoms with van der Waals surface area (Å²) in [5.74, 6) is -0.339. The molecule has 0 aliphatic rings. The standard InChI is InChI=1S/C15H13BrN2O2/c1-10(19)17-13-7-5-11(6-8-13)15(20)18-14-4-2-3-12(16)9-14/h2-9H,1H3,(H,17,19)(H,18,20). The molecule has 2 aromatic rings. The average Bonchev–Trinajstić information content (AvgIpc) is 2.38. The lowest BCUT2D eigenvalue weighted by Gasteiger charge is -2.07. The van der Waals surface area contributed by atoms with E-state index in [1.807, 2.05) is 24.3 Å². The molecule has 2 aromatic carbocycles. The number of carbonyl (C=O) groups excluding carboxylic acids is 2. The molecule has 2 N–H and O–H groups in total. The maximum atomic E-state index is 12.0. The van der Waals surface area contributed by atoms with Gasteiger partial charge in [0.05, 0.1) is 0 Å². The van der Waals surface area contributed by atoms with Crippen molar-refractivity contribution in [3.63, 3.8) is 0 Å². The molecule has 0 fully saturated rings. The molecule has 2 amide bonds. The molecule has 0 heterocycles. The van der Waals surface area contributed by atoms with E-state index in [1.54, 1.807) is 24.3 Å². The molecule has 0 saturated carbocycles. The number of carbonyl (C=O) groups is 2. The second kappa shape index (κ2) is 6.34. The van der Waals surface area contributed by atoms with Gasteiger partial charge >= 0.3 is 0 Å². The van der Waals surface area contributed by atoms with E-state index in [0.717, 1.165) is 10.2 Å². The molecule has 0 saturated heterocycles. The molecule has 0 aliphatic carbocycles. The highest BCUT2D eigenvalue weighted by molar-refractivity contribution is 9.10. The van der Waals surface area contributed by atoms with E-state index in [1.165, 1.54) is 6.92 Å². The molecule has 4 nitrogen and oxygen atoms in total. The van der Waals surface area contributed by atoms with Crippen LogP contribution in [0.5, 0.6) is 0 Å². The first-order valence-electron chi connectivity index (χ1n) is 5.99. The second-order valence-corrected chi connectivity index (χ2v) is 5.14. The van der Waals surface area contributed by atoms with E-state index < -0.39 is 0 Å². The molecule has 0 aliphatic heterocycles. The Morgan fingerprint density at radius 2 is 1.65 bits per heavy atom. The van der Waals surface area contributed by atoms with E-state index in [9.17, 15) is 9.59 Å². The van der Waals surface area contributed by atoms with Crippen molar-refractivity contribution >= 4 is 39.1 Å². The van der Waals surface area contributed by atoms with Crippen LogP contribution in [0.25, 0.3) is 0 Å². The molecule has 2 rings (SSSR count). The van der Waals surface area contributed by atoms with Crippen LogP contribution in [0.4, 0.5) is 11.4 Å². The van der Waals surface area contributed by atoms with Gasteiger partial charge in [-0.25, -0.2) is 0 Å². The molecule has 0 unspecified atom stereocenters. The van der Waals surface area contributed by atoms with Gasteiger partial charge in [-0.15, -0.1) is 0 Å². The SMILES string of the molecule is CC(=O)Nc1ccc(C(=O)Nc2cccc(Br)c2)cc1. The van der Waals surface area contributed by atoms with Crippen LogP contribution < -0.4 is 10.6 Å². The topological polar surface area (TPSA) is 58.2 Å². The van der Waals surface area contributed by atoms with E-state index in [0.29, 0.717) is 11.3 Å². The summed E-state index contributed by atoms with van der Waals surface area (Å²) in [7, 11) is 0. The Morgan fingerprint density at radius 1 is 0.950 bits per heavy atom. The lowest BCUT2D eigenvalue weighted by Crippen LogP contribution is -2.12. The molecule has 5 heteroatoms. The third-order valence-corrected chi connectivity index (χ3v) is 3.04. The zero-order valence-corrected chi connectivity index (χ0v) is 12.4. The Hall–Kier alpha value is -2.14. The minimum absolute atomic E-state index is 0.142. The molecular formula is C15H13BrN2O2. The molecule has 0 bridgehead atoms. The quantitative estimate of drug-likeness (QED) is 0.901. The second-order valence-electron chi connectivity index (χ2n) is 4.22. The zero-order valence-electron chi connectivity index (χ0n) is 10.8. The Labute approximate surface area is 125 Å². The smallest absolute Gasteiger partial charge is 0.255 e. The van der Waals surface area contributed by atoms with Crippen molar-refractivity contribution in [3.05, 3.63) is 58.6 Å². The maximum Gasteiger partial charge on any atom is 0.255 e. The van der Waals surface area contributed by atoms with Crippen molar-refractivity contribution in [1.82, 2.24) is 0 Å². The van der Waals surface area contributed by atoms with Crippen LogP contribution in [-0.4, -0.2) is 11.8 Å². The Morgan fingerprint density at radius 3 is 2.25 bits per heavy atom. The van der Waals surface area contributed by atoms with Crippen molar-refractivity contribution in [3.8, 4) is 0 Å². The summed E-state index contributed by atoms with van der Waals surface area (Å²) in [6, 6.07) is 14.1.